The van der Waals surface area contributed by atoms with Crippen molar-refractivity contribution in [3.63, 3.8) is 0 Å². The van der Waals surface area contributed by atoms with Crippen LogP contribution < -0.4 is 9.47 Å². The maximum atomic E-state index is 15.6. The molecule has 1 unspecified atom stereocenters. The van der Waals surface area contributed by atoms with Crippen LogP contribution in [0.15, 0.2) is 73.2 Å². The second-order valence-corrected chi connectivity index (χ2v) is 11.7. The number of pyridine rings is 2. The fraction of sp³-hybridized carbons (Fsp3) is 0.216. The number of carboxylic acid groups (broad SMARTS) is 1. The SMILES string of the molecule is COc1cc(C#Cc2cnn(C)c2)ncc1COc1cccc(-c2cc(F)c(Cc3nc4ccc(C(=O)O)cc4n3CC3CCO3)cc2F)n1. The number of aromatic carboxylic acids is 1. The third-order valence-corrected chi connectivity index (χ3v) is 8.32. The summed E-state index contributed by atoms with van der Waals surface area (Å²) in [7, 11) is 3.34. The van der Waals surface area contributed by atoms with Crippen molar-refractivity contribution in [2.75, 3.05) is 13.7 Å². The molecule has 50 heavy (non-hydrogen) atoms. The molecule has 252 valence electrons. The minimum Gasteiger partial charge on any atom is -0.496 e. The summed E-state index contributed by atoms with van der Waals surface area (Å²) in [4.78, 5) is 25.1. The van der Waals surface area contributed by atoms with Crippen molar-refractivity contribution in [1.82, 2.24) is 29.3 Å². The van der Waals surface area contributed by atoms with E-state index in [1.165, 1.54) is 19.2 Å². The van der Waals surface area contributed by atoms with E-state index in [2.05, 4.69) is 31.9 Å². The number of ether oxygens (including phenoxy) is 3. The lowest BCUT2D eigenvalue weighted by Crippen LogP contribution is -2.31. The molecule has 5 heterocycles. The molecule has 1 saturated heterocycles. The Labute approximate surface area is 285 Å². The van der Waals surface area contributed by atoms with Gasteiger partial charge in [0.2, 0.25) is 5.88 Å². The molecule has 0 aliphatic carbocycles. The normalized spacial score (nSPS) is 13.8. The molecular formula is C37H30F2N6O5. The van der Waals surface area contributed by atoms with Gasteiger partial charge in [-0.15, -0.1) is 0 Å². The van der Waals surface area contributed by atoms with Crippen molar-refractivity contribution in [3.05, 3.63) is 119 Å². The van der Waals surface area contributed by atoms with Gasteiger partial charge < -0.3 is 23.9 Å². The van der Waals surface area contributed by atoms with E-state index >= 15 is 8.78 Å². The molecular weight excluding hydrogens is 646 g/mol. The Balaban J connectivity index is 1.09. The van der Waals surface area contributed by atoms with Crippen molar-refractivity contribution in [3.8, 4) is 34.7 Å². The third kappa shape index (κ3) is 6.87. The van der Waals surface area contributed by atoms with E-state index in [0.29, 0.717) is 47.0 Å². The number of nitrogens with zero attached hydrogens (tertiary/aromatic N) is 6. The molecule has 1 aliphatic rings. The van der Waals surface area contributed by atoms with E-state index in [1.54, 1.807) is 53.6 Å². The van der Waals surface area contributed by atoms with E-state index in [1.807, 2.05) is 11.6 Å². The van der Waals surface area contributed by atoms with Gasteiger partial charge >= 0.3 is 5.97 Å². The van der Waals surface area contributed by atoms with E-state index in [9.17, 15) is 9.90 Å². The predicted octanol–water partition coefficient (Wildman–Crippen LogP) is 5.57. The molecule has 11 nitrogen and oxygen atoms in total. The Morgan fingerprint density at radius 1 is 1.06 bits per heavy atom. The maximum absolute atomic E-state index is 15.6. The van der Waals surface area contributed by atoms with Gasteiger partial charge in [-0.25, -0.2) is 28.5 Å². The molecule has 2 aromatic carbocycles. The number of methoxy groups -OCH3 is 1. The van der Waals surface area contributed by atoms with Crippen LogP contribution in [0.5, 0.6) is 11.6 Å². The number of carboxylic acids is 1. The van der Waals surface area contributed by atoms with E-state index in [0.717, 1.165) is 24.1 Å². The molecule has 1 N–H and O–H groups in total. The number of aromatic nitrogens is 6. The Bertz CT molecular complexity index is 2300. The van der Waals surface area contributed by atoms with Crippen LogP contribution in [0, 0.1) is 23.5 Å². The van der Waals surface area contributed by atoms with E-state index in [4.69, 9.17) is 14.2 Å². The summed E-state index contributed by atoms with van der Waals surface area (Å²) in [5, 5.41) is 13.6. The Morgan fingerprint density at radius 3 is 2.66 bits per heavy atom. The van der Waals surface area contributed by atoms with Gasteiger partial charge in [0.25, 0.3) is 0 Å². The number of carbonyl (C=O) groups is 1. The fourth-order valence-corrected chi connectivity index (χ4v) is 5.62. The Hall–Kier alpha value is -6.13. The van der Waals surface area contributed by atoms with Gasteiger partial charge in [0.05, 0.1) is 53.8 Å². The summed E-state index contributed by atoms with van der Waals surface area (Å²) in [6, 6.07) is 13.4. The molecule has 1 aliphatic heterocycles. The number of hydrogen-bond acceptors (Lipinski definition) is 8. The zero-order valence-electron chi connectivity index (χ0n) is 27.1. The van der Waals surface area contributed by atoms with Gasteiger partial charge in [-0.3, -0.25) is 4.68 Å². The quantitative estimate of drug-likeness (QED) is 0.185. The maximum Gasteiger partial charge on any atom is 0.335 e. The lowest BCUT2D eigenvalue weighted by atomic mass is 10.0. The highest BCUT2D eigenvalue weighted by Crippen LogP contribution is 2.29. The largest absolute Gasteiger partial charge is 0.496 e. The predicted molar refractivity (Wildman–Crippen MR) is 178 cm³/mol. The highest BCUT2D eigenvalue weighted by molar-refractivity contribution is 5.92. The number of imidazole rings is 1. The number of halogens is 2. The molecule has 0 saturated carbocycles. The van der Waals surface area contributed by atoms with E-state index < -0.39 is 17.6 Å². The summed E-state index contributed by atoms with van der Waals surface area (Å²) in [5.74, 6) is 4.80. The Morgan fingerprint density at radius 2 is 1.92 bits per heavy atom. The smallest absolute Gasteiger partial charge is 0.335 e. The third-order valence-electron chi connectivity index (χ3n) is 8.32. The van der Waals surface area contributed by atoms with Crippen LogP contribution in [-0.2, 0) is 31.4 Å². The van der Waals surface area contributed by atoms with Gasteiger partial charge in [-0.2, -0.15) is 5.10 Å². The van der Waals surface area contributed by atoms with Crippen LogP contribution in [0.25, 0.3) is 22.3 Å². The minimum absolute atomic E-state index is 0.0207. The van der Waals surface area contributed by atoms with Crippen molar-refractivity contribution < 1.29 is 32.9 Å². The minimum atomic E-state index is -1.07. The number of hydrogen-bond donors (Lipinski definition) is 1. The lowest BCUT2D eigenvalue weighted by Gasteiger charge is -2.27. The fourth-order valence-electron chi connectivity index (χ4n) is 5.62. The van der Waals surface area contributed by atoms with Gasteiger partial charge in [-0.05, 0) is 54.3 Å². The molecule has 0 amide bonds. The van der Waals surface area contributed by atoms with Crippen molar-refractivity contribution >= 4 is 17.0 Å². The number of benzene rings is 2. The average Bonchev–Trinajstić information content (AvgIpc) is 3.67. The molecule has 1 atom stereocenters. The highest BCUT2D eigenvalue weighted by atomic mass is 19.1. The van der Waals surface area contributed by atoms with Crippen LogP contribution in [0.1, 0.15) is 45.0 Å². The second-order valence-electron chi connectivity index (χ2n) is 11.7. The number of rotatable bonds is 10. The first kappa shape index (κ1) is 32.4. The lowest BCUT2D eigenvalue weighted by molar-refractivity contribution is -0.0589. The zero-order chi connectivity index (χ0) is 34.8. The second kappa shape index (κ2) is 13.8. The molecule has 0 bridgehead atoms. The summed E-state index contributed by atoms with van der Waals surface area (Å²) in [6.45, 7) is 1.11. The Kier molecular flexibility index (Phi) is 8.93. The standard InChI is InChI=1S/C37H30F2N6O5/c1-44-19-22(17-41-44)6-8-26-15-34(48-2)25(18-40-26)21-50-36-5-3-4-31(43-36)28-16-29(38)24(12-30(28)39)14-35-42-32-9-7-23(37(46)47)13-33(32)45(35)20-27-10-11-49-27/h3-5,7,9,12-13,15-19,27H,10-11,14,20-21H2,1-2H3,(H,46,47). The van der Waals surface area contributed by atoms with Gasteiger partial charge in [-0.1, -0.05) is 12.0 Å². The van der Waals surface area contributed by atoms with E-state index in [-0.39, 0.29) is 47.4 Å². The molecule has 6 aromatic rings. The molecule has 7 rings (SSSR count). The van der Waals surface area contributed by atoms with Crippen molar-refractivity contribution in [1.29, 1.82) is 0 Å². The van der Waals surface area contributed by atoms with Crippen LogP contribution in [0.3, 0.4) is 0 Å². The molecule has 0 radical (unpaired) electrons. The molecule has 1 fully saturated rings. The molecule has 13 heteroatoms. The highest BCUT2D eigenvalue weighted by Gasteiger charge is 2.24. The van der Waals surface area contributed by atoms with Crippen molar-refractivity contribution in [2.24, 2.45) is 7.05 Å². The topological polar surface area (TPSA) is 126 Å². The zero-order valence-corrected chi connectivity index (χ0v) is 27.1. The van der Waals surface area contributed by atoms with Crippen LogP contribution in [0.2, 0.25) is 0 Å². The van der Waals surface area contributed by atoms with Crippen LogP contribution in [0.4, 0.5) is 8.78 Å². The molecule has 0 spiro atoms. The number of aryl methyl sites for hydroxylation is 1. The van der Waals surface area contributed by atoms with Crippen LogP contribution >= 0.6 is 0 Å². The first-order valence-corrected chi connectivity index (χ1v) is 15.7. The van der Waals surface area contributed by atoms with Gasteiger partial charge in [0.1, 0.15) is 35.5 Å². The molecule has 4 aromatic heterocycles. The number of fused-ring (bicyclic) bond motifs is 1. The summed E-state index contributed by atoms with van der Waals surface area (Å²) >= 11 is 0. The summed E-state index contributed by atoms with van der Waals surface area (Å²) < 4.78 is 51.8. The average molecular weight is 677 g/mol. The summed E-state index contributed by atoms with van der Waals surface area (Å²) in [6.07, 6.45) is 5.81. The monoisotopic (exact) mass is 676 g/mol. The summed E-state index contributed by atoms with van der Waals surface area (Å²) in [5.41, 5.74) is 3.41. The van der Waals surface area contributed by atoms with Crippen LogP contribution in [-0.4, -0.2) is 60.2 Å². The first-order valence-electron chi connectivity index (χ1n) is 15.7. The first-order chi connectivity index (χ1) is 24.2. The van der Waals surface area contributed by atoms with Gasteiger partial charge in [0.15, 0.2) is 0 Å². The van der Waals surface area contributed by atoms with Gasteiger partial charge in [0, 0.05) is 55.7 Å². The van der Waals surface area contributed by atoms with Crippen molar-refractivity contribution in [2.45, 2.75) is 32.1 Å².